The molecule has 2 aliphatic rings. The molecule has 2 fully saturated rings. The monoisotopic (exact) mass is 242 g/mol. The number of carbonyl (C=O) groups is 1. The van der Waals surface area contributed by atoms with Gasteiger partial charge in [0.05, 0.1) is 19.1 Å². The van der Waals surface area contributed by atoms with Gasteiger partial charge in [-0.3, -0.25) is 4.79 Å². The van der Waals surface area contributed by atoms with Gasteiger partial charge in [-0.1, -0.05) is 6.92 Å². The van der Waals surface area contributed by atoms with E-state index in [9.17, 15) is 4.79 Å². The van der Waals surface area contributed by atoms with E-state index in [1.54, 1.807) is 0 Å². The molecular weight excluding hydrogens is 220 g/mol. The van der Waals surface area contributed by atoms with Crippen LogP contribution in [0.3, 0.4) is 0 Å². The summed E-state index contributed by atoms with van der Waals surface area (Å²) >= 11 is 0. The summed E-state index contributed by atoms with van der Waals surface area (Å²) in [5.74, 6) is 0.114. The van der Waals surface area contributed by atoms with Crippen molar-refractivity contribution in [3.05, 3.63) is 0 Å². The summed E-state index contributed by atoms with van der Waals surface area (Å²) in [5.41, 5.74) is 0. The second-order valence-electron chi connectivity index (χ2n) is 5.26. The van der Waals surface area contributed by atoms with Crippen LogP contribution in [0.4, 0.5) is 0 Å². The molecule has 17 heavy (non-hydrogen) atoms. The lowest BCUT2D eigenvalue weighted by Crippen LogP contribution is -2.38. The molecule has 0 aromatic rings. The fourth-order valence-electron chi connectivity index (χ4n) is 2.70. The van der Waals surface area contributed by atoms with E-state index < -0.39 is 5.97 Å². The minimum Gasteiger partial charge on any atom is -0.481 e. The molecule has 0 atom stereocenters. The third kappa shape index (κ3) is 3.19. The van der Waals surface area contributed by atoms with Gasteiger partial charge in [0.15, 0.2) is 6.29 Å². The van der Waals surface area contributed by atoms with Crippen molar-refractivity contribution in [2.75, 3.05) is 13.2 Å². The predicted molar refractivity (Wildman–Crippen MR) is 62.6 cm³/mol. The van der Waals surface area contributed by atoms with E-state index in [0.717, 1.165) is 45.3 Å². The fourth-order valence-corrected chi connectivity index (χ4v) is 2.70. The molecule has 98 valence electrons. The van der Waals surface area contributed by atoms with Crippen LogP contribution in [0.5, 0.6) is 0 Å². The van der Waals surface area contributed by atoms with Gasteiger partial charge in [0.25, 0.3) is 0 Å². The normalized spacial score (nSPS) is 38.9. The predicted octanol–water partition coefficient (Wildman–Crippen LogP) is 2.28. The minimum atomic E-state index is -0.653. The zero-order valence-electron chi connectivity index (χ0n) is 10.4. The summed E-state index contributed by atoms with van der Waals surface area (Å²) in [6.45, 7) is 3.73. The summed E-state index contributed by atoms with van der Waals surface area (Å²) in [6, 6.07) is 0. The van der Waals surface area contributed by atoms with Crippen molar-refractivity contribution in [2.45, 2.75) is 45.3 Å². The first-order valence-corrected chi connectivity index (χ1v) is 6.66. The quantitative estimate of drug-likeness (QED) is 0.825. The third-order valence-electron chi connectivity index (χ3n) is 4.08. The van der Waals surface area contributed by atoms with Crippen LogP contribution in [-0.4, -0.2) is 30.6 Å². The summed E-state index contributed by atoms with van der Waals surface area (Å²) in [6.07, 6.45) is 4.36. The Hall–Kier alpha value is -0.610. The van der Waals surface area contributed by atoms with E-state index in [-0.39, 0.29) is 12.2 Å². The molecule has 1 heterocycles. The standard InChI is InChI=1S/C13H22O4/c1-2-9-7-16-13(17-8-9)11-5-3-10(4-6-11)12(14)15/h9-11,13H,2-8H2,1H3,(H,14,15). The summed E-state index contributed by atoms with van der Waals surface area (Å²) in [4.78, 5) is 10.9. The van der Waals surface area contributed by atoms with Gasteiger partial charge >= 0.3 is 5.97 Å². The van der Waals surface area contributed by atoms with Crippen molar-refractivity contribution in [1.29, 1.82) is 0 Å². The summed E-state index contributed by atoms with van der Waals surface area (Å²) in [5, 5.41) is 8.94. The lowest BCUT2D eigenvalue weighted by molar-refractivity contribution is -0.229. The first-order valence-electron chi connectivity index (χ1n) is 6.66. The topological polar surface area (TPSA) is 55.8 Å². The van der Waals surface area contributed by atoms with E-state index in [1.807, 2.05) is 0 Å². The van der Waals surface area contributed by atoms with Gasteiger partial charge < -0.3 is 14.6 Å². The van der Waals surface area contributed by atoms with Gasteiger partial charge in [-0.15, -0.1) is 0 Å². The average Bonchev–Trinajstić information content (AvgIpc) is 2.39. The van der Waals surface area contributed by atoms with Crippen LogP contribution in [0.15, 0.2) is 0 Å². The maximum atomic E-state index is 10.9. The van der Waals surface area contributed by atoms with Gasteiger partial charge in [0.1, 0.15) is 0 Å². The van der Waals surface area contributed by atoms with E-state index in [2.05, 4.69) is 6.92 Å². The van der Waals surface area contributed by atoms with Crippen molar-refractivity contribution >= 4 is 5.97 Å². The van der Waals surface area contributed by atoms with Crippen molar-refractivity contribution < 1.29 is 19.4 Å². The summed E-state index contributed by atoms with van der Waals surface area (Å²) < 4.78 is 11.5. The van der Waals surface area contributed by atoms with Crippen LogP contribution < -0.4 is 0 Å². The van der Waals surface area contributed by atoms with Crippen LogP contribution in [-0.2, 0) is 14.3 Å². The average molecular weight is 242 g/mol. The van der Waals surface area contributed by atoms with Crippen molar-refractivity contribution in [3.8, 4) is 0 Å². The van der Waals surface area contributed by atoms with Crippen molar-refractivity contribution in [1.82, 2.24) is 0 Å². The molecule has 1 saturated heterocycles. The molecule has 4 heteroatoms. The number of rotatable bonds is 3. The Labute approximate surface area is 102 Å². The fraction of sp³-hybridized carbons (Fsp3) is 0.923. The highest BCUT2D eigenvalue weighted by atomic mass is 16.7. The molecule has 0 radical (unpaired) electrons. The number of carboxylic acids is 1. The molecule has 1 aliphatic heterocycles. The Balaban J connectivity index is 1.76. The second kappa shape index (κ2) is 5.83. The second-order valence-corrected chi connectivity index (χ2v) is 5.26. The largest absolute Gasteiger partial charge is 0.481 e. The zero-order chi connectivity index (χ0) is 12.3. The molecule has 0 amide bonds. The first kappa shape index (κ1) is 12.8. The van der Waals surface area contributed by atoms with Crippen LogP contribution in [0.2, 0.25) is 0 Å². The van der Waals surface area contributed by atoms with Crippen LogP contribution in [0, 0.1) is 17.8 Å². The molecule has 4 nitrogen and oxygen atoms in total. The van der Waals surface area contributed by atoms with Gasteiger partial charge in [-0.2, -0.15) is 0 Å². The van der Waals surface area contributed by atoms with E-state index in [1.165, 1.54) is 0 Å². The Kier molecular flexibility index (Phi) is 4.40. The molecule has 0 aromatic carbocycles. The molecule has 2 rings (SSSR count). The lowest BCUT2D eigenvalue weighted by atomic mass is 9.81. The molecule has 1 saturated carbocycles. The Morgan fingerprint density at radius 2 is 1.76 bits per heavy atom. The molecule has 0 bridgehead atoms. The number of carboxylic acid groups (broad SMARTS) is 1. The van der Waals surface area contributed by atoms with Crippen LogP contribution >= 0.6 is 0 Å². The third-order valence-corrected chi connectivity index (χ3v) is 4.08. The highest BCUT2D eigenvalue weighted by Gasteiger charge is 2.33. The molecule has 0 spiro atoms. The van der Waals surface area contributed by atoms with Gasteiger partial charge in [-0.25, -0.2) is 0 Å². The van der Waals surface area contributed by atoms with Gasteiger partial charge in [0, 0.05) is 11.8 Å². The smallest absolute Gasteiger partial charge is 0.306 e. The number of aliphatic carboxylic acids is 1. The molecular formula is C13H22O4. The Morgan fingerprint density at radius 1 is 1.18 bits per heavy atom. The van der Waals surface area contributed by atoms with E-state index in [0.29, 0.717) is 11.8 Å². The van der Waals surface area contributed by atoms with E-state index >= 15 is 0 Å². The highest BCUT2D eigenvalue weighted by Crippen LogP contribution is 2.34. The number of hydrogen-bond donors (Lipinski definition) is 1. The van der Waals surface area contributed by atoms with Crippen LogP contribution in [0.25, 0.3) is 0 Å². The minimum absolute atomic E-state index is 0.0902. The number of ether oxygens (including phenoxy) is 2. The zero-order valence-corrected chi connectivity index (χ0v) is 10.4. The molecule has 1 N–H and O–H groups in total. The summed E-state index contributed by atoms with van der Waals surface area (Å²) in [7, 11) is 0. The Morgan fingerprint density at radius 3 is 2.24 bits per heavy atom. The molecule has 0 aromatic heterocycles. The first-order chi connectivity index (χ1) is 8.20. The Bertz CT molecular complexity index is 250. The highest BCUT2D eigenvalue weighted by molar-refractivity contribution is 5.69. The van der Waals surface area contributed by atoms with Crippen molar-refractivity contribution in [2.24, 2.45) is 17.8 Å². The van der Waals surface area contributed by atoms with Gasteiger partial charge in [0.2, 0.25) is 0 Å². The maximum absolute atomic E-state index is 10.9. The van der Waals surface area contributed by atoms with Gasteiger partial charge in [-0.05, 0) is 32.1 Å². The maximum Gasteiger partial charge on any atom is 0.306 e. The van der Waals surface area contributed by atoms with Crippen LogP contribution in [0.1, 0.15) is 39.0 Å². The van der Waals surface area contributed by atoms with E-state index in [4.69, 9.17) is 14.6 Å². The number of hydrogen-bond acceptors (Lipinski definition) is 3. The van der Waals surface area contributed by atoms with Crippen molar-refractivity contribution in [3.63, 3.8) is 0 Å². The molecule has 0 unspecified atom stereocenters. The SMILES string of the molecule is CCC1COC(C2CCC(C(=O)O)CC2)OC1. The molecule has 1 aliphatic carbocycles. The lowest BCUT2D eigenvalue weighted by Gasteiger charge is -2.36.